The maximum atomic E-state index is 13.6. The number of hydrogen-bond donors (Lipinski definition) is 1. The first-order chi connectivity index (χ1) is 16.0. The summed E-state index contributed by atoms with van der Waals surface area (Å²) < 4.78 is 28.0. The second-order valence-corrected chi connectivity index (χ2v) is 9.68. The minimum atomic E-state index is -4.39. The molecular weight excluding hydrogens is 480 g/mol. The van der Waals surface area contributed by atoms with Gasteiger partial charge in [0.1, 0.15) is 11.6 Å². The number of rotatable bonds is 7. The van der Waals surface area contributed by atoms with Crippen LogP contribution in [0.25, 0.3) is 0 Å². The SMILES string of the molecule is Cc1ccc(N(CC(=O)Nc2ccc(C#N)cc2)S(=O)(=O)c2ccc(Cl)c([N+](=O)[O-])c2)c(C)c1. The number of amides is 1. The van der Waals surface area contributed by atoms with Crippen molar-refractivity contribution in [3.8, 4) is 6.07 Å². The number of benzene rings is 3. The summed E-state index contributed by atoms with van der Waals surface area (Å²) in [4.78, 5) is 23.0. The van der Waals surface area contributed by atoms with Crippen LogP contribution in [0.15, 0.2) is 65.6 Å². The topological polar surface area (TPSA) is 133 Å². The van der Waals surface area contributed by atoms with Crippen LogP contribution >= 0.6 is 11.6 Å². The minimum absolute atomic E-state index is 0.208. The van der Waals surface area contributed by atoms with Gasteiger partial charge in [-0.25, -0.2) is 8.42 Å². The Kier molecular flexibility index (Phi) is 7.20. The van der Waals surface area contributed by atoms with Gasteiger partial charge >= 0.3 is 0 Å². The molecular formula is C23H19ClN4O5S. The van der Waals surface area contributed by atoms with E-state index >= 15 is 0 Å². The predicted molar refractivity (Wildman–Crippen MR) is 128 cm³/mol. The predicted octanol–water partition coefficient (Wildman–Crippen LogP) is 4.57. The number of nitriles is 1. The first kappa shape index (κ1) is 24.7. The zero-order valence-corrected chi connectivity index (χ0v) is 19.7. The largest absolute Gasteiger partial charge is 0.325 e. The third-order valence-electron chi connectivity index (χ3n) is 4.91. The van der Waals surface area contributed by atoms with Gasteiger partial charge in [-0.05, 0) is 61.9 Å². The number of halogens is 1. The molecule has 1 N–H and O–H groups in total. The van der Waals surface area contributed by atoms with E-state index in [1.807, 2.05) is 13.0 Å². The van der Waals surface area contributed by atoms with Gasteiger partial charge in [-0.3, -0.25) is 19.2 Å². The highest BCUT2D eigenvalue weighted by Gasteiger charge is 2.30. The van der Waals surface area contributed by atoms with Gasteiger partial charge in [0.25, 0.3) is 15.7 Å². The van der Waals surface area contributed by atoms with Gasteiger partial charge in [0, 0.05) is 11.8 Å². The summed E-state index contributed by atoms with van der Waals surface area (Å²) in [6, 6.07) is 16.2. The fourth-order valence-corrected chi connectivity index (χ4v) is 4.96. The van der Waals surface area contributed by atoms with Crippen LogP contribution in [0.3, 0.4) is 0 Å². The number of nitrogens with one attached hydrogen (secondary N) is 1. The first-order valence-corrected chi connectivity index (χ1v) is 11.7. The first-order valence-electron chi connectivity index (χ1n) is 9.87. The molecule has 9 nitrogen and oxygen atoms in total. The molecule has 3 aromatic carbocycles. The number of sulfonamides is 1. The summed E-state index contributed by atoms with van der Waals surface area (Å²) in [5.41, 5.74) is 1.95. The molecule has 0 aliphatic rings. The van der Waals surface area contributed by atoms with Gasteiger partial charge in [0.15, 0.2) is 0 Å². The van der Waals surface area contributed by atoms with E-state index in [-0.39, 0.29) is 15.6 Å². The number of aryl methyl sites for hydroxylation is 2. The monoisotopic (exact) mass is 498 g/mol. The third-order valence-corrected chi connectivity index (χ3v) is 6.98. The van der Waals surface area contributed by atoms with Crippen LogP contribution in [-0.4, -0.2) is 25.8 Å². The molecule has 3 aromatic rings. The molecule has 34 heavy (non-hydrogen) atoms. The van der Waals surface area contributed by atoms with Gasteiger partial charge in [-0.15, -0.1) is 0 Å². The van der Waals surface area contributed by atoms with Crippen molar-refractivity contribution in [2.24, 2.45) is 0 Å². The Labute approximate surface area is 201 Å². The summed E-state index contributed by atoms with van der Waals surface area (Å²) in [5, 5.41) is 22.6. The highest BCUT2D eigenvalue weighted by molar-refractivity contribution is 7.92. The maximum Gasteiger partial charge on any atom is 0.289 e. The molecule has 0 bridgehead atoms. The quantitative estimate of drug-likeness (QED) is 0.374. The summed E-state index contributed by atoms with van der Waals surface area (Å²) in [5.74, 6) is -0.642. The van der Waals surface area contributed by atoms with Gasteiger partial charge in [0.2, 0.25) is 5.91 Å². The molecule has 0 radical (unpaired) electrons. The number of hydrogen-bond acceptors (Lipinski definition) is 6. The van der Waals surface area contributed by atoms with E-state index in [1.54, 1.807) is 25.1 Å². The van der Waals surface area contributed by atoms with E-state index in [0.717, 1.165) is 28.1 Å². The fourth-order valence-electron chi connectivity index (χ4n) is 3.26. The Balaban J connectivity index is 2.03. The number of carbonyl (C=O) groups is 1. The Morgan fingerprint density at radius 3 is 2.38 bits per heavy atom. The van der Waals surface area contributed by atoms with Crippen molar-refractivity contribution in [1.82, 2.24) is 0 Å². The van der Waals surface area contributed by atoms with Crippen LogP contribution in [0.4, 0.5) is 17.1 Å². The molecule has 0 spiro atoms. The Bertz CT molecular complexity index is 1420. The molecule has 0 atom stereocenters. The average Bonchev–Trinajstić information content (AvgIpc) is 2.78. The van der Waals surface area contributed by atoms with Crippen LogP contribution < -0.4 is 9.62 Å². The normalized spacial score (nSPS) is 10.9. The zero-order valence-electron chi connectivity index (χ0n) is 18.1. The number of anilines is 2. The lowest BCUT2D eigenvalue weighted by molar-refractivity contribution is -0.384. The Morgan fingerprint density at radius 1 is 1.12 bits per heavy atom. The van der Waals surface area contributed by atoms with Crippen molar-refractivity contribution < 1.29 is 18.1 Å². The zero-order chi connectivity index (χ0) is 25.0. The standard InChI is InChI=1S/C23H19ClN4O5S/c1-15-3-10-21(16(2)11-15)27(14-23(29)26-18-6-4-17(13-25)5-7-18)34(32,33)19-8-9-20(24)22(12-19)28(30)31/h3-12H,14H2,1-2H3,(H,26,29). The van der Waals surface area contributed by atoms with E-state index in [4.69, 9.17) is 16.9 Å². The summed E-state index contributed by atoms with van der Waals surface area (Å²) in [6.45, 7) is 2.95. The van der Waals surface area contributed by atoms with E-state index in [2.05, 4.69) is 5.32 Å². The lowest BCUT2D eigenvalue weighted by Gasteiger charge is -2.26. The number of nitro benzene ring substituents is 1. The van der Waals surface area contributed by atoms with Gasteiger partial charge in [0.05, 0.1) is 27.1 Å². The van der Waals surface area contributed by atoms with E-state index in [1.165, 1.54) is 24.3 Å². The van der Waals surface area contributed by atoms with Crippen molar-refractivity contribution in [1.29, 1.82) is 5.26 Å². The van der Waals surface area contributed by atoms with E-state index in [9.17, 15) is 23.3 Å². The van der Waals surface area contributed by atoms with Crippen molar-refractivity contribution in [2.75, 3.05) is 16.2 Å². The molecule has 1 amide bonds. The smallest absolute Gasteiger partial charge is 0.289 e. The van der Waals surface area contributed by atoms with Crippen LogP contribution in [0.1, 0.15) is 16.7 Å². The number of nitro groups is 1. The molecule has 0 aromatic heterocycles. The highest BCUT2D eigenvalue weighted by Crippen LogP contribution is 2.32. The van der Waals surface area contributed by atoms with Crippen molar-refractivity contribution in [3.05, 3.63) is 92.5 Å². The second kappa shape index (κ2) is 9.91. The Morgan fingerprint density at radius 2 is 1.79 bits per heavy atom. The number of nitrogens with zero attached hydrogens (tertiary/aromatic N) is 3. The van der Waals surface area contributed by atoms with Crippen LogP contribution in [0.2, 0.25) is 5.02 Å². The fraction of sp³-hybridized carbons (Fsp3) is 0.130. The molecule has 0 aliphatic heterocycles. The molecule has 0 unspecified atom stereocenters. The average molecular weight is 499 g/mol. The van der Waals surface area contributed by atoms with Crippen molar-refractivity contribution in [3.63, 3.8) is 0 Å². The maximum absolute atomic E-state index is 13.6. The number of carbonyl (C=O) groups excluding carboxylic acids is 1. The lowest BCUT2D eigenvalue weighted by Crippen LogP contribution is -2.38. The summed E-state index contributed by atoms with van der Waals surface area (Å²) in [7, 11) is -4.39. The van der Waals surface area contributed by atoms with Crippen LogP contribution in [0.5, 0.6) is 0 Å². The molecule has 3 rings (SSSR count). The molecule has 0 saturated heterocycles. The molecule has 0 aliphatic carbocycles. The minimum Gasteiger partial charge on any atom is -0.325 e. The Hall–Kier alpha value is -3.94. The third kappa shape index (κ3) is 5.33. The van der Waals surface area contributed by atoms with Crippen LogP contribution in [-0.2, 0) is 14.8 Å². The summed E-state index contributed by atoms with van der Waals surface area (Å²) >= 11 is 5.84. The van der Waals surface area contributed by atoms with Gasteiger partial charge in [-0.2, -0.15) is 5.26 Å². The molecule has 0 heterocycles. The summed E-state index contributed by atoms with van der Waals surface area (Å²) in [6.07, 6.45) is 0. The van der Waals surface area contributed by atoms with E-state index < -0.39 is 33.1 Å². The van der Waals surface area contributed by atoms with Crippen molar-refractivity contribution in [2.45, 2.75) is 18.7 Å². The van der Waals surface area contributed by atoms with Crippen LogP contribution in [0, 0.1) is 35.3 Å². The molecule has 0 saturated carbocycles. The molecule has 0 fully saturated rings. The van der Waals surface area contributed by atoms with Gasteiger partial charge in [-0.1, -0.05) is 29.3 Å². The molecule has 11 heteroatoms. The molecule has 174 valence electrons. The highest BCUT2D eigenvalue weighted by atomic mass is 35.5. The van der Waals surface area contributed by atoms with E-state index in [0.29, 0.717) is 16.8 Å². The lowest BCUT2D eigenvalue weighted by atomic mass is 10.1. The van der Waals surface area contributed by atoms with Gasteiger partial charge < -0.3 is 5.32 Å². The second-order valence-electron chi connectivity index (χ2n) is 7.41. The van der Waals surface area contributed by atoms with Crippen molar-refractivity contribution >= 4 is 44.6 Å².